The Labute approximate surface area is 160 Å². The maximum absolute atomic E-state index is 13.0. The summed E-state index contributed by atoms with van der Waals surface area (Å²) >= 11 is 0. The zero-order valence-electron chi connectivity index (χ0n) is 15.7. The third kappa shape index (κ3) is 3.35. The summed E-state index contributed by atoms with van der Waals surface area (Å²) in [4.78, 5) is 4.19. The first kappa shape index (κ1) is 18.5. The van der Waals surface area contributed by atoms with Crippen molar-refractivity contribution in [1.82, 2.24) is 15.2 Å². The summed E-state index contributed by atoms with van der Waals surface area (Å²) in [5, 5.41) is 13.4. The standard InChI is InChI=1S/C20H20F2N4O2/c1-20(2)9-16(28-20)24-19-14-10-23-7-6-12(14)17(25-26-19)13-5-4-11(18(21)22)8-15(13)27-3/h4-8,10,16,18H,9H2,1-3H3,(H,24,26). The average molecular weight is 386 g/mol. The average Bonchev–Trinajstić information content (AvgIpc) is 2.66. The number of fused-ring (bicyclic) bond motifs is 1. The van der Waals surface area contributed by atoms with Crippen LogP contribution in [0.4, 0.5) is 14.6 Å². The first-order valence-corrected chi connectivity index (χ1v) is 8.89. The minimum Gasteiger partial charge on any atom is -0.496 e. The van der Waals surface area contributed by atoms with E-state index in [9.17, 15) is 8.78 Å². The van der Waals surface area contributed by atoms with Crippen molar-refractivity contribution in [1.29, 1.82) is 0 Å². The van der Waals surface area contributed by atoms with E-state index in [4.69, 9.17) is 9.47 Å². The molecule has 28 heavy (non-hydrogen) atoms. The highest BCUT2D eigenvalue weighted by Crippen LogP contribution is 2.38. The second-order valence-corrected chi connectivity index (χ2v) is 7.29. The Hall–Kier alpha value is -2.87. The molecule has 6 nitrogen and oxygen atoms in total. The normalized spacial score (nSPS) is 18.1. The molecule has 1 fully saturated rings. The van der Waals surface area contributed by atoms with E-state index in [2.05, 4.69) is 20.5 Å². The fourth-order valence-electron chi connectivity index (χ4n) is 3.40. The van der Waals surface area contributed by atoms with Crippen molar-refractivity contribution in [2.24, 2.45) is 0 Å². The molecule has 1 aliphatic rings. The molecule has 2 aromatic heterocycles. The summed E-state index contributed by atoms with van der Waals surface area (Å²) in [7, 11) is 1.44. The van der Waals surface area contributed by atoms with Crippen molar-refractivity contribution >= 4 is 16.6 Å². The smallest absolute Gasteiger partial charge is 0.263 e. The van der Waals surface area contributed by atoms with Gasteiger partial charge in [0.05, 0.1) is 12.7 Å². The van der Waals surface area contributed by atoms with Crippen LogP contribution in [0.1, 0.15) is 32.3 Å². The number of alkyl halides is 2. The molecule has 1 aliphatic heterocycles. The van der Waals surface area contributed by atoms with Gasteiger partial charge in [-0.2, -0.15) is 0 Å². The van der Waals surface area contributed by atoms with E-state index in [-0.39, 0.29) is 17.4 Å². The Kier molecular flexibility index (Phi) is 4.58. The first-order chi connectivity index (χ1) is 13.4. The highest BCUT2D eigenvalue weighted by molar-refractivity contribution is 6.00. The molecule has 3 aromatic rings. The summed E-state index contributed by atoms with van der Waals surface area (Å²) < 4.78 is 37.2. The van der Waals surface area contributed by atoms with Crippen molar-refractivity contribution in [2.75, 3.05) is 12.4 Å². The van der Waals surface area contributed by atoms with Gasteiger partial charge in [0.15, 0.2) is 5.82 Å². The zero-order chi connectivity index (χ0) is 19.9. The second-order valence-electron chi connectivity index (χ2n) is 7.29. The van der Waals surface area contributed by atoms with Crippen molar-refractivity contribution in [3.8, 4) is 17.0 Å². The topological polar surface area (TPSA) is 69.2 Å². The number of anilines is 1. The highest BCUT2D eigenvalue weighted by atomic mass is 19.3. The fraction of sp³-hybridized carbons (Fsp3) is 0.350. The van der Waals surface area contributed by atoms with Crippen LogP contribution in [0, 0.1) is 0 Å². The molecule has 1 atom stereocenters. The van der Waals surface area contributed by atoms with Crippen LogP contribution >= 0.6 is 0 Å². The number of rotatable bonds is 5. The molecule has 4 rings (SSSR count). The molecule has 0 amide bonds. The predicted octanol–water partition coefficient (Wildman–Crippen LogP) is 4.57. The van der Waals surface area contributed by atoms with E-state index in [0.29, 0.717) is 22.8 Å². The van der Waals surface area contributed by atoms with Gasteiger partial charge in [-0.25, -0.2) is 8.78 Å². The molecule has 1 aromatic carbocycles. The number of hydrogen-bond donors (Lipinski definition) is 1. The van der Waals surface area contributed by atoms with Gasteiger partial charge in [-0.1, -0.05) is 6.07 Å². The minimum atomic E-state index is -2.58. The minimum absolute atomic E-state index is 0.109. The number of methoxy groups -OCH3 is 1. The number of nitrogens with zero attached hydrogens (tertiary/aromatic N) is 3. The summed E-state index contributed by atoms with van der Waals surface area (Å²) in [6.45, 7) is 4.05. The number of ether oxygens (including phenoxy) is 2. The number of halogens is 2. The quantitative estimate of drug-likeness (QED) is 0.692. The molecule has 0 saturated carbocycles. The zero-order valence-corrected chi connectivity index (χ0v) is 15.7. The lowest BCUT2D eigenvalue weighted by atomic mass is 9.97. The molecule has 3 heterocycles. The van der Waals surface area contributed by atoms with Crippen LogP contribution in [-0.2, 0) is 4.74 Å². The SMILES string of the molecule is COc1cc(C(F)F)ccc1-c1nnc(NC2CC(C)(C)O2)c2cnccc12. The summed E-state index contributed by atoms with van der Waals surface area (Å²) in [5.74, 6) is 0.880. The molecule has 0 radical (unpaired) electrons. The lowest BCUT2D eigenvalue weighted by Gasteiger charge is -2.43. The molecular formula is C20H20F2N4O2. The van der Waals surface area contributed by atoms with Crippen LogP contribution in [-0.4, -0.2) is 34.1 Å². The van der Waals surface area contributed by atoms with E-state index >= 15 is 0 Å². The Morgan fingerprint density at radius 1 is 1.21 bits per heavy atom. The summed E-state index contributed by atoms with van der Waals surface area (Å²) in [5.41, 5.74) is 0.861. The number of nitrogens with one attached hydrogen (secondary N) is 1. The van der Waals surface area contributed by atoms with E-state index in [1.165, 1.54) is 19.2 Å². The maximum atomic E-state index is 13.0. The molecule has 0 bridgehead atoms. The van der Waals surface area contributed by atoms with Crippen molar-refractivity contribution in [2.45, 2.75) is 38.5 Å². The van der Waals surface area contributed by atoms with Crippen molar-refractivity contribution in [3.63, 3.8) is 0 Å². The Bertz CT molecular complexity index is 1020. The maximum Gasteiger partial charge on any atom is 0.263 e. The molecule has 1 unspecified atom stereocenters. The Balaban J connectivity index is 1.76. The summed E-state index contributed by atoms with van der Waals surface area (Å²) in [6, 6.07) is 6.09. The summed E-state index contributed by atoms with van der Waals surface area (Å²) in [6.07, 6.45) is 1.48. The van der Waals surface area contributed by atoms with Crippen LogP contribution in [0.15, 0.2) is 36.7 Å². The van der Waals surface area contributed by atoms with Crippen LogP contribution in [0.3, 0.4) is 0 Å². The molecule has 146 valence electrons. The van der Waals surface area contributed by atoms with Gasteiger partial charge in [0.25, 0.3) is 6.43 Å². The van der Waals surface area contributed by atoms with Crippen molar-refractivity contribution < 1.29 is 18.3 Å². The van der Waals surface area contributed by atoms with Crippen molar-refractivity contribution in [3.05, 3.63) is 42.2 Å². The van der Waals surface area contributed by atoms with Crippen LogP contribution < -0.4 is 10.1 Å². The van der Waals surface area contributed by atoms with Crippen LogP contribution in [0.25, 0.3) is 22.0 Å². The monoisotopic (exact) mass is 386 g/mol. The lowest BCUT2D eigenvalue weighted by Crippen LogP contribution is -2.49. The largest absolute Gasteiger partial charge is 0.496 e. The van der Waals surface area contributed by atoms with Gasteiger partial charge in [0.2, 0.25) is 0 Å². The lowest BCUT2D eigenvalue weighted by molar-refractivity contribution is -0.170. The van der Waals surface area contributed by atoms with Gasteiger partial charge >= 0.3 is 0 Å². The number of hydrogen-bond acceptors (Lipinski definition) is 6. The predicted molar refractivity (Wildman–Crippen MR) is 101 cm³/mol. The number of pyridine rings is 1. The van der Waals surface area contributed by atoms with Gasteiger partial charge in [-0.05, 0) is 32.0 Å². The number of aromatic nitrogens is 3. The van der Waals surface area contributed by atoms with Crippen LogP contribution in [0.5, 0.6) is 5.75 Å². The van der Waals surface area contributed by atoms with E-state index < -0.39 is 6.43 Å². The Morgan fingerprint density at radius 2 is 2.00 bits per heavy atom. The van der Waals surface area contributed by atoms with Crippen LogP contribution in [0.2, 0.25) is 0 Å². The molecule has 1 N–H and O–H groups in total. The van der Waals surface area contributed by atoms with E-state index in [1.807, 2.05) is 19.9 Å². The fourth-order valence-corrected chi connectivity index (χ4v) is 3.40. The number of benzene rings is 1. The molecule has 0 aliphatic carbocycles. The highest BCUT2D eigenvalue weighted by Gasteiger charge is 2.37. The molecular weight excluding hydrogens is 366 g/mol. The second kappa shape index (κ2) is 6.94. The van der Waals surface area contributed by atoms with Gasteiger partial charge in [0.1, 0.15) is 17.7 Å². The van der Waals surface area contributed by atoms with Gasteiger partial charge in [0, 0.05) is 40.7 Å². The third-order valence-electron chi connectivity index (χ3n) is 4.75. The molecule has 0 spiro atoms. The van der Waals surface area contributed by atoms with Gasteiger partial charge in [-0.3, -0.25) is 4.98 Å². The van der Waals surface area contributed by atoms with Gasteiger partial charge in [-0.15, -0.1) is 10.2 Å². The molecule has 8 heteroatoms. The van der Waals surface area contributed by atoms with Gasteiger partial charge < -0.3 is 14.8 Å². The van der Waals surface area contributed by atoms with E-state index in [0.717, 1.165) is 17.2 Å². The molecule has 1 saturated heterocycles. The third-order valence-corrected chi connectivity index (χ3v) is 4.75. The first-order valence-electron chi connectivity index (χ1n) is 8.89. The Morgan fingerprint density at radius 3 is 2.68 bits per heavy atom. The van der Waals surface area contributed by atoms with E-state index in [1.54, 1.807) is 18.5 Å².